The van der Waals surface area contributed by atoms with Crippen molar-refractivity contribution >= 4 is 11.4 Å². The van der Waals surface area contributed by atoms with Gasteiger partial charge in [0, 0.05) is 18.4 Å². The molecule has 0 heterocycles. The Morgan fingerprint density at radius 3 is 1.04 bits per heavy atom. The molecule has 0 aliphatic carbocycles. The molecule has 0 bridgehead atoms. The molecule has 0 saturated carbocycles. The Balaban J connectivity index is 0.000000970. The van der Waals surface area contributed by atoms with Gasteiger partial charge >= 0.3 is 0 Å². The smallest absolute Gasteiger partial charge is 0.0408 e. The molecular weight excluding hydrogens is 302 g/mol. The number of rotatable bonds is 2. The zero-order valence-electron chi connectivity index (χ0n) is 17.8. The predicted octanol–water partition coefficient (Wildman–Crippen LogP) is 7.47. The molecule has 2 rings (SSSR count). The summed E-state index contributed by atoms with van der Waals surface area (Å²) in [6.07, 6.45) is 1.25. The van der Waals surface area contributed by atoms with E-state index in [0.29, 0.717) is 0 Å². The molecule has 138 valence electrons. The van der Waals surface area contributed by atoms with Gasteiger partial charge in [-0.2, -0.15) is 0 Å². The highest BCUT2D eigenvalue weighted by molar-refractivity contribution is 5.63. The van der Waals surface area contributed by atoms with Crippen molar-refractivity contribution in [3.8, 4) is 0 Å². The van der Waals surface area contributed by atoms with E-state index in [1.54, 1.807) is 0 Å². The average Bonchev–Trinajstić information content (AvgIpc) is 2.53. The average molecular weight is 340 g/mol. The molecule has 2 aromatic rings. The maximum absolute atomic E-state index is 2.25. The summed E-state index contributed by atoms with van der Waals surface area (Å²) in [7, 11) is 2.12. The van der Waals surface area contributed by atoms with E-state index in [2.05, 4.69) is 116 Å². The maximum Gasteiger partial charge on any atom is 0.0408 e. The first-order valence-corrected chi connectivity index (χ1v) is 9.45. The summed E-state index contributed by atoms with van der Waals surface area (Å²) in [5.41, 5.74) is 5.57. The fourth-order valence-electron chi connectivity index (χ4n) is 2.52. The molecule has 0 aromatic heterocycles. The lowest BCUT2D eigenvalue weighted by Gasteiger charge is -2.24. The normalized spacial score (nSPS) is 11.6. The van der Waals surface area contributed by atoms with Crippen LogP contribution in [-0.4, -0.2) is 7.05 Å². The fourth-order valence-corrected chi connectivity index (χ4v) is 2.52. The highest BCUT2D eigenvalue weighted by Gasteiger charge is 2.15. The van der Waals surface area contributed by atoms with Crippen LogP contribution in [0.5, 0.6) is 0 Å². The van der Waals surface area contributed by atoms with Crippen LogP contribution in [0.3, 0.4) is 0 Å². The van der Waals surface area contributed by atoms with E-state index in [4.69, 9.17) is 0 Å². The molecule has 1 nitrogen and oxygen atoms in total. The van der Waals surface area contributed by atoms with E-state index >= 15 is 0 Å². The zero-order valence-corrected chi connectivity index (χ0v) is 17.8. The first-order valence-electron chi connectivity index (χ1n) is 9.45. The molecule has 0 radical (unpaired) electrons. The molecule has 0 saturated heterocycles. The van der Waals surface area contributed by atoms with Crippen LogP contribution in [0.4, 0.5) is 11.4 Å². The molecule has 25 heavy (non-hydrogen) atoms. The fraction of sp³-hybridized carbons (Fsp3) is 0.500. The van der Waals surface area contributed by atoms with Crippen LogP contribution in [0.25, 0.3) is 0 Å². The second-order valence-electron chi connectivity index (χ2n) is 8.86. The monoisotopic (exact) mass is 339 g/mol. The van der Waals surface area contributed by atoms with Crippen molar-refractivity contribution in [1.29, 1.82) is 0 Å². The Morgan fingerprint density at radius 1 is 0.600 bits per heavy atom. The Labute approximate surface area is 156 Å². The minimum atomic E-state index is 0.200. The maximum atomic E-state index is 2.25. The standard InChI is InChI=1S/C21H29N.C3H8/c1-20(2,3)16-8-12-18(13-9-16)22(7)19-14-10-17(11-15-19)21(4,5)6;1-3-2/h8-15H,1-7H3;3H2,1-2H3. The van der Waals surface area contributed by atoms with Gasteiger partial charge in [0.15, 0.2) is 0 Å². The SMILES string of the molecule is CCC.CN(c1ccc(C(C)(C)C)cc1)c1ccc(C(C)(C)C)cc1. The quantitative estimate of drug-likeness (QED) is 0.548. The van der Waals surface area contributed by atoms with Crippen LogP contribution >= 0.6 is 0 Å². The predicted molar refractivity (Wildman–Crippen MR) is 114 cm³/mol. The highest BCUT2D eigenvalue weighted by Crippen LogP contribution is 2.29. The molecule has 2 aromatic carbocycles. The lowest BCUT2D eigenvalue weighted by Crippen LogP contribution is -2.14. The van der Waals surface area contributed by atoms with Crippen LogP contribution in [0.1, 0.15) is 72.9 Å². The summed E-state index contributed by atoms with van der Waals surface area (Å²) in [5.74, 6) is 0. The number of anilines is 2. The number of benzene rings is 2. The van der Waals surface area contributed by atoms with Crippen LogP contribution < -0.4 is 4.90 Å². The van der Waals surface area contributed by atoms with Crippen molar-refractivity contribution in [2.75, 3.05) is 11.9 Å². The summed E-state index contributed by atoms with van der Waals surface area (Å²) < 4.78 is 0. The van der Waals surface area contributed by atoms with Crippen molar-refractivity contribution in [3.63, 3.8) is 0 Å². The number of hydrogen-bond donors (Lipinski definition) is 0. The van der Waals surface area contributed by atoms with E-state index in [9.17, 15) is 0 Å². The Hall–Kier alpha value is -1.76. The van der Waals surface area contributed by atoms with E-state index in [1.165, 1.54) is 28.9 Å². The van der Waals surface area contributed by atoms with Gasteiger partial charge in [0.2, 0.25) is 0 Å². The Kier molecular flexibility index (Phi) is 7.29. The van der Waals surface area contributed by atoms with Crippen molar-refractivity contribution in [2.24, 2.45) is 0 Å². The van der Waals surface area contributed by atoms with Crippen molar-refractivity contribution in [2.45, 2.75) is 72.6 Å². The van der Waals surface area contributed by atoms with Gasteiger partial charge < -0.3 is 4.90 Å². The second kappa shape index (κ2) is 8.56. The first-order chi connectivity index (χ1) is 11.5. The first kappa shape index (κ1) is 21.3. The van der Waals surface area contributed by atoms with Crippen molar-refractivity contribution in [1.82, 2.24) is 0 Å². The topological polar surface area (TPSA) is 3.24 Å². The van der Waals surface area contributed by atoms with Gasteiger partial charge in [-0.05, 0) is 46.2 Å². The van der Waals surface area contributed by atoms with Gasteiger partial charge in [-0.25, -0.2) is 0 Å². The van der Waals surface area contributed by atoms with Crippen molar-refractivity contribution < 1.29 is 0 Å². The van der Waals surface area contributed by atoms with E-state index in [1.807, 2.05) is 0 Å². The minimum Gasteiger partial charge on any atom is -0.345 e. The third-order valence-electron chi connectivity index (χ3n) is 4.24. The summed E-state index contributed by atoms with van der Waals surface area (Å²) in [5, 5.41) is 0. The van der Waals surface area contributed by atoms with E-state index in [0.717, 1.165) is 0 Å². The molecule has 0 N–H and O–H groups in total. The molecular formula is C24H37N. The lowest BCUT2D eigenvalue weighted by molar-refractivity contribution is 0.590. The third kappa shape index (κ3) is 6.23. The zero-order chi connectivity index (χ0) is 19.3. The van der Waals surface area contributed by atoms with Gasteiger partial charge in [-0.15, -0.1) is 0 Å². The lowest BCUT2D eigenvalue weighted by atomic mass is 9.87. The summed E-state index contributed by atoms with van der Waals surface area (Å²) in [6, 6.07) is 17.8. The largest absolute Gasteiger partial charge is 0.345 e. The van der Waals surface area contributed by atoms with Crippen LogP contribution in [-0.2, 0) is 10.8 Å². The number of hydrogen-bond acceptors (Lipinski definition) is 1. The number of nitrogens with zero attached hydrogens (tertiary/aromatic N) is 1. The van der Waals surface area contributed by atoms with Crippen LogP contribution in [0.2, 0.25) is 0 Å². The summed E-state index contributed by atoms with van der Waals surface area (Å²) in [4.78, 5) is 2.24. The van der Waals surface area contributed by atoms with Crippen LogP contribution in [0, 0.1) is 0 Å². The molecule has 0 aliphatic rings. The second-order valence-corrected chi connectivity index (χ2v) is 8.86. The minimum absolute atomic E-state index is 0.200. The Morgan fingerprint density at radius 2 is 0.840 bits per heavy atom. The van der Waals surface area contributed by atoms with E-state index < -0.39 is 0 Å². The molecule has 0 fully saturated rings. The molecule has 0 atom stereocenters. The summed E-state index contributed by atoms with van der Waals surface area (Å²) >= 11 is 0. The van der Waals surface area contributed by atoms with Gasteiger partial charge in [0.05, 0.1) is 0 Å². The molecule has 0 amide bonds. The Bertz CT molecular complexity index is 564. The van der Waals surface area contributed by atoms with E-state index in [-0.39, 0.29) is 10.8 Å². The molecule has 0 spiro atoms. The highest BCUT2D eigenvalue weighted by atomic mass is 15.1. The molecule has 1 heteroatoms. The van der Waals surface area contributed by atoms with Crippen molar-refractivity contribution in [3.05, 3.63) is 59.7 Å². The van der Waals surface area contributed by atoms with Gasteiger partial charge in [-0.1, -0.05) is 86.1 Å². The third-order valence-corrected chi connectivity index (χ3v) is 4.24. The van der Waals surface area contributed by atoms with Gasteiger partial charge in [0.1, 0.15) is 0 Å². The van der Waals surface area contributed by atoms with Crippen LogP contribution in [0.15, 0.2) is 48.5 Å². The van der Waals surface area contributed by atoms with Gasteiger partial charge in [-0.3, -0.25) is 0 Å². The van der Waals surface area contributed by atoms with Gasteiger partial charge in [0.25, 0.3) is 0 Å². The summed E-state index contributed by atoms with van der Waals surface area (Å²) in [6.45, 7) is 17.7. The molecule has 0 unspecified atom stereocenters. The molecule has 0 aliphatic heterocycles.